The lowest BCUT2D eigenvalue weighted by atomic mass is 10.2. The standard InChI is InChI=1S/C14H15N5/c1-10-12(9-18(2)16-10)13-8-14(15)19(17-13)11-6-4-3-5-7-11/h3-9H,15H2,1-2H3. The topological polar surface area (TPSA) is 61.7 Å². The number of hydrogen-bond donors (Lipinski definition) is 1. The molecule has 0 aliphatic heterocycles. The Morgan fingerprint density at radius 2 is 1.84 bits per heavy atom. The molecule has 0 fully saturated rings. The molecule has 2 N–H and O–H groups in total. The molecule has 2 aromatic heterocycles. The molecule has 0 amide bonds. The van der Waals surface area contributed by atoms with Crippen LogP contribution in [0.5, 0.6) is 0 Å². The lowest BCUT2D eigenvalue weighted by Crippen LogP contribution is -2.01. The van der Waals surface area contributed by atoms with Crippen molar-refractivity contribution in [2.75, 3.05) is 5.73 Å². The van der Waals surface area contributed by atoms with Gasteiger partial charge in [0, 0.05) is 24.9 Å². The van der Waals surface area contributed by atoms with Crippen molar-refractivity contribution in [3.63, 3.8) is 0 Å². The SMILES string of the molecule is Cc1nn(C)cc1-c1cc(N)n(-c2ccccc2)n1. The first kappa shape index (κ1) is 11.5. The molecule has 96 valence electrons. The molecule has 0 saturated heterocycles. The Hall–Kier alpha value is -2.56. The number of rotatable bonds is 2. The summed E-state index contributed by atoms with van der Waals surface area (Å²) in [5.74, 6) is 0.615. The van der Waals surface area contributed by atoms with Crippen molar-refractivity contribution in [3.05, 3.63) is 48.3 Å². The van der Waals surface area contributed by atoms with Gasteiger partial charge >= 0.3 is 0 Å². The third-order valence-electron chi connectivity index (χ3n) is 3.03. The van der Waals surface area contributed by atoms with E-state index < -0.39 is 0 Å². The number of nitrogens with zero attached hydrogens (tertiary/aromatic N) is 4. The van der Waals surface area contributed by atoms with E-state index in [1.807, 2.05) is 56.6 Å². The van der Waals surface area contributed by atoms with Crippen molar-refractivity contribution < 1.29 is 0 Å². The van der Waals surface area contributed by atoms with E-state index in [4.69, 9.17) is 5.73 Å². The van der Waals surface area contributed by atoms with Crippen LogP contribution in [0.25, 0.3) is 16.9 Å². The number of para-hydroxylation sites is 1. The predicted molar refractivity (Wildman–Crippen MR) is 74.9 cm³/mol. The lowest BCUT2D eigenvalue weighted by Gasteiger charge is -2.02. The second-order valence-electron chi connectivity index (χ2n) is 4.50. The number of nitrogens with two attached hydrogens (primary N) is 1. The van der Waals surface area contributed by atoms with Gasteiger partial charge in [0.25, 0.3) is 0 Å². The quantitative estimate of drug-likeness (QED) is 0.761. The van der Waals surface area contributed by atoms with Gasteiger partial charge in [0.15, 0.2) is 0 Å². The van der Waals surface area contributed by atoms with Crippen LogP contribution < -0.4 is 5.73 Å². The number of anilines is 1. The summed E-state index contributed by atoms with van der Waals surface area (Å²) in [6, 6.07) is 11.7. The Labute approximate surface area is 111 Å². The van der Waals surface area contributed by atoms with Crippen molar-refractivity contribution in [1.82, 2.24) is 19.6 Å². The summed E-state index contributed by atoms with van der Waals surface area (Å²) >= 11 is 0. The molecule has 0 aliphatic rings. The van der Waals surface area contributed by atoms with Crippen LogP contribution in [0.4, 0.5) is 5.82 Å². The Balaban J connectivity index is 2.10. The molecule has 0 atom stereocenters. The first-order valence-corrected chi connectivity index (χ1v) is 6.07. The zero-order chi connectivity index (χ0) is 13.4. The second-order valence-corrected chi connectivity index (χ2v) is 4.50. The zero-order valence-electron chi connectivity index (χ0n) is 10.9. The van der Waals surface area contributed by atoms with Gasteiger partial charge in [-0.3, -0.25) is 4.68 Å². The van der Waals surface area contributed by atoms with Crippen LogP contribution in [-0.2, 0) is 7.05 Å². The van der Waals surface area contributed by atoms with Crippen molar-refractivity contribution in [2.45, 2.75) is 6.92 Å². The maximum atomic E-state index is 6.04. The van der Waals surface area contributed by atoms with Gasteiger partial charge in [-0.05, 0) is 19.1 Å². The summed E-state index contributed by atoms with van der Waals surface area (Å²) in [6.07, 6.45) is 1.95. The van der Waals surface area contributed by atoms with E-state index >= 15 is 0 Å². The van der Waals surface area contributed by atoms with Crippen LogP contribution in [0, 0.1) is 6.92 Å². The van der Waals surface area contributed by atoms with Gasteiger partial charge in [0.05, 0.1) is 17.1 Å². The molecule has 2 heterocycles. The average molecular weight is 253 g/mol. The highest BCUT2D eigenvalue weighted by molar-refractivity contribution is 5.65. The normalized spacial score (nSPS) is 10.8. The van der Waals surface area contributed by atoms with Gasteiger partial charge in [-0.1, -0.05) is 18.2 Å². The highest BCUT2D eigenvalue weighted by atomic mass is 15.3. The van der Waals surface area contributed by atoms with E-state index in [0.717, 1.165) is 22.6 Å². The molecule has 0 bridgehead atoms. The molecular formula is C14H15N5. The molecule has 19 heavy (non-hydrogen) atoms. The first-order valence-electron chi connectivity index (χ1n) is 6.07. The average Bonchev–Trinajstić information content (AvgIpc) is 2.93. The maximum absolute atomic E-state index is 6.04. The number of aryl methyl sites for hydroxylation is 2. The Morgan fingerprint density at radius 1 is 1.11 bits per heavy atom. The van der Waals surface area contributed by atoms with E-state index in [1.54, 1.807) is 9.36 Å². The van der Waals surface area contributed by atoms with E-state index in [2.05, 4.69) is 10.2 Å². The van der Waals surface area contributed by atoms with E-state index in [-0.39, 0.29) is 0 Å². The molecular weight excluding hydrogens is 238 g/mol. The minimum atomic E-state index is 0.615. The summed E-state index contributed by atoms with van der Waals surface area (Å²) in [5.41, 5.74) is 9.78. The Morgan fingerprint density at radius 3 is 2.47 bits per heavy atom. The monoisotopic (exact) mass is 253 g/mol. The fraction of sp³-hybridized carbons (Fsp3) is 0.143. The summed E-state index contributed by atoms with van der Waals surface area (Å²) in [6.45, 7) is 1.97. The van der Waals surface area contributed by atoms with Crippen LogP contribution in [0.2, 0.25) is 0 Å². The maximum Gasteiger partial charge on any atom is 0.127 e. The second kappa shape index (κ2) is 4.28. The van der Waals surface area contributed by atoms with Gasteiger partial charge in [-0.2, -0.15) is 10.2 Å². The smallest absolute Gasteiger partial charge is 0.127 e. The summed E-state index contributed by atoms with van der Waals surface area (Å²) in [4.78, 5) is 0. The van der Waals surface area contributed by atoms with E-state index in [9.17, 15) is 0 Å². The minimum absolute atomic E-state index is 0.615. The molecule has 3 rings (SSSR count). The molecule has 3 aromatic rings. The van der Waals surface area contributed by atoms with E-state index in [0.29, 0.717) is 5.82 Å². The first-order chi connectivity index (χ1) is 9.15. The summed E-state index contributed by atoms with van der Waals surface area (Å²) < 4.78 is 3.52. The number of hydrogen-bond acceptors (Lipinski definition) is 3. The van der Waals surface area contributed by atoms with Gasteiger partial charge in [-0.25, -0.2) is 4.68 Å². The fourth-order valence-electron chi connectivity index (χ4n) is 2.15. The van der Waals surface area contributed by atoms with Crippen LogP contribution >= 0.6 is 0 Å². The summed E-state index contributed by atoms with van der Waals surface area (Å²) in [7, 11) is 1.90. The molecule has 0 aliphatic carbocycles. The van der Waals surface area contributed by atoms with Crippen molar-refractivity contribution in [2.24, 2.45) is 7.05 Å². The van der Waals surface area contributed by atoms with Gasteiger partial charge in [0.2, 0.25) is 0 Å². The van der Waals surface area contributed by atoms with Crippen LogP contribution in [0.1, 0.15) is 5.69 Å². The molecule has 5 heteroatoms. The predicted octanol–water partition coefficient (Wildman–Crippen LogP) is 2.16. The van der Waals surface area contributed by atoms with Crippen molar-refractivity contribution in [3.8, 4) is 16.9 Å². The van der Waals surface area contributed by atoms with Gasteiger partial charge < -0.3 is 5.73 Å². The third-order valence-corrected chi connectivity index (χ3v) is 3.03. The fourth-order valence-corrected chi connectivity index (χ4v) is 2.15. The lowest BCUT2D eigenvalue weighted by molar-refractivity contribution is 0.756. The van der Waals surface area contributed by atoms with Crippen LogP contribution in [0.3, 0.4) is 0 Å². The third kappa shape index (κ3) is 1.99. The largest absolute Gasteiger partial charge is 0.384 e. The van der Waals surface area contributed by atoms with Gasteiger partial charge in [-0.15, -0.1) is 0 Å². The number of benzene rings is 1. The number of aromatic nitrogens is 4. The van der Waals surface area contributed by atoms with Crippen molar-refractivity contribution >= 4 is 5.82 Å². The van der Waals surface area contributed by atoms with Crippen LogP contribution in [0.15, 0.2) is 42.6 Å². The molecule has 0 spiro atoms. The highest BCUT2D eigenvalue weighted by Crippen LogP contribution is 2.24. The summed E-state index contributed by atoms with van der Waals surface area (Å²) in [5, 5.41) is 8.89. The highest BCUT2D eigenvalue weighted by Gasteiger charge is 2.12. The minimum Gasteiger partial charge on any atom is -0.384 e. The molecule has 5 nitrogen and oxygen atoms in total. The van der Waals surface area contributed by atoms with Crippen molar-refractivity contribution in [1.29, 1.82) is 0 Å². The molecule has 1 aromatic carbocycles. The van der Waals surface area contributed by atoms with E-state index in [1.165, 1.54) is 0 Å². The Kier molecular flexibility index (Phi) is 2.59. The van der Waals surface area contributed by atoms with Gasteiger partial charge in [0.1, 0.15) is 5.82 Å². The molecule has 0 radical (unpaired) electrons. The number of nitrogen functional groups attached to an aromatic ring is 1. The molecule has 0 saturated carbocycles. The zero-order valence-corrected chi connectivity index (χ0v) is 10.9. The Bertz CT molecular complexity index is 709. The molecule has 0 unspecified atom stereocenters. The van der Waals surface area contributed by atoms with Crippen LogP contribution in [-0.4, -0.2) is 19.6 Å².